The van der Waals surface area contributed by atoms with Gasteiger partial charge in [0.2, 0.25) is 0 Å². The zero-order chi connectivity index (χ0) is 75.3. The van der Waals surface area contributed by atoms with E-state index in [2.05, 4.69) is 158 Å². The number of aromatic nitrogens is 2. The number of fused-ring (bicyclic) bond motifs is 7. The molecular weight excluding hydrogens is 1370 g/mol. The van der Waals surface area contributed by atoms with Crippen LogP contribution in [-0.2, 0) is 27.0 Å². The number of rotatable bonds is 55. The number of carbonyl (C=O) groups is 2. The molecule has 9 rings (SSSR count). The Bertz CT molecular complexity index is 3810. The lowest BCUT2D eigenvalue weighted by Crippen LogP contribution is -2.34. The number of ether oxygens (including phenoxy) is 1. The second-order valence-electron chi connectivity index (χ2n) is 34.4. The van der Waals surface area contributed by atoms with E-state index in [9.17, 15) is 0 Å². The topological polar surface area (TPSA) is 67.7 Å². The van der Waals surface area contributed by atoms with Crippen molar-refractivity contribution in [2.45, 2.75) is 383 Å². The molecule has 2 atom stereocenters. The van der Waals surface area contributed by atoms with Gasteiger partial charge in [-0.3, -0.25) is 9.59 Å². The minimum Gasteiger partial charge on any atom is -0.494 e. The maximum absolute atomic E-state index is 16.4. The third kappa shape index (κ3) is 24.0. The Balaban J connectivity index is 1.13. The normalized spacial score (nSPS) is 14.4. The van der Waals surface area contributed by atoms with Crippen molar-refractivity contribution < 1.29 is 14.3 Å². The molecule has 0 N–H and O–H groups in total. The monoisotopic (exact) mass is 1520 g/mol. The van der Waals surface area contributed by atoms with Gasteiger partial charge < -0.3 is 19.1 Å². The Labute approximate surface area is 661 Å². The van der Waals surface area contributed by atoms with Gasteiger partial charge in [-0.05, 0) is 122 Å². The Kier molecular flexibility index (Phi) is 35.9. The highest BCUT2D eigenvalue weighted by atomic mass is 32.1. The molecule has 5 aromatic heterocycles. The number of carbonyl (C=O) groups excluding carboxylic acids is 2. The van der Waals surface area contributed by atoms with Crippen LogP contribution >= 0.6 is 45.3 Å². The van der Waals surface area contributed by atoms with Gasteiger partial charge in [-0.15, -0.1) is 45.3 Å². The number of hydrogen-bond acceptors (Lipinski definition) is 8. The van der Waals surface area contributed by atoms with Crippen LogP contribution in [0.5, 0.6) is 5.75 Å². The first-order valence-corrected chi connectivity index (χ1v) is 47.3. The number of aryl methyl sites for hydroxylation is 1. The van der Waals surface area contributed by atoms with Crippen molar-refractivity contribution in [2.75, 3.05) is 19.7 Å². The van der Waals surface area contributed by atoms with E-state index < -0.39 is 0 Å². The lowest BCUT2D eigenvalue weighted by Gasteiger charge is -2.29. The van der Waals surface area contributed by atoms with Gasteiger partial charge >= 0.3 is 0 Å². The fourth-order valence-electron chi connectivity index (χ4n) is 16.6. The summed E-state index contributed by atoms with van der Waals surface area (Å²) in [5.41, 5.74) is 6.39. The Morgan fingerprint density at radius 3 is 1.24 bits per heavy atom. The Hall–Kier alpha value is -4.55. The predicted octanol–water partition coefficient (Wildman–Crippen LogP) is 31.2. The SMILES string of the molecule is CCCCCCCCCCCCOc1ccc(-c2nc3c4cc(-c5ccc(C6=C7C(=O)N(CC(CCCCCC)CCCCCCCC)C(c8ccc(C(C)(C)C)s8)=C7C(=O)N6CC(CCCCCC)CCCCCCCC)s5)sc4c4sc(C(C)(C)C)cc4c3n2CCCCCCCCCCCC)cc1. The lowest BCUT2D eigenvalue weighted by atomic mass is 9.93. The van der Waals surface area contributed by atoms with Crippen molar-refractivity contribution in [3.05, 3.63) is 91.3 Å². The van der Waals surface area contributed by atoms with Crippen LogP contribution in [0.3, 0.4) is 0 Å². The van der Waals surface area contributed by atoms with Crippen molar-refractivity contribution in [2.24, 2.45) is 11.8 Å². The summed E-state index contributed by atoms with van der Waals surface area (Å²) >= 11 is 7.46. The summed E-state index contributed by atoms with van der Waals surface area (Å²) in [4.78, 5) is 50.2. The zero-order valence-corrected chi connectivity index (χ0v) is 72.3. The maximum atomic E-state index is 16.4. The number of unbranched alkanes of at least 4 members (excludes halogenated alkanes) is 34. The zero-order valence-electron chi connectivity index (χ0n) is 69.0. The molecule has 2 aliphatic heterocycles. The molecule has 106 heavy (non-hydrogen) atoms. The van der Waals surface area contributed by atoms with Crippen molar-refractivity contribution in [3.8, 4) is 26.9 Å². The minimum absolute atomic E-state index is 0.0307. The van der Waals surface area contributed by atoms with E-state index in [0.717, 1.165) is 95.5 Å². The number of benzene rings is 2. The van der Waals surface area contributed by atoms with E-state index in [-0.39, 0.29) is 22.6 Å². The lowest BCUT2D eigenvalue weighted by molar-refractivity contribution is -0.124. The Morgan fingerprint density at radius 2 is 0.783 bits per heavy atom. The van der Waals surface area contributed by atoms with Gasteiger partial charge in [0, 0.05) is 55.5 Å². The van der Waals surface area contributed by atoms with Gasteiger partial charge in [0.05, 0.1) is 59.3 Å². The third-order valence-corrected chi connectivity index (χ3v) is 28.8. The van der Waals surface area contributed by atoms with E-state index in [1.807, 2.05) is 22.7 Å². The summed E-state index contributed by atoms with van der Waals surface area (Å²) in [7, 11) is 0. The molecule has 11 heteroatoms. The van der Waals surface area contributed by atoms with E-state index in [4.69, 9.17) is 9.72 Å². The molecule has 2 aliphatic rings. The fraction of sp³-hybridized carbons (Fsp3) is 0.674. The Morgan fingerprint density at radius 1 is 0.387 bits per heavy atom. The van der Waals surface area contributed by atoms with E-state index in [0.29, 0.717) is 36.1 Å². The fourth-order valence-corrected chi connectivity index (χ4v) is 21.4. The molecule has 7 aromatic rings. The molecule has 0 saturated carbocycles. The van der Waals surface area contributed by atoms with E-state index in [1.54, 1.807) is 22.7 Å². The summed E-state index contributed by atoms with van der Waals surface area (Å²) in [6.07, 6.45) is 55.3. The van der Waals surface area contributed by atoms with Crippen LogP contribution in [0.2, 0.25) is 0 Å². The van der Waals surface area contributed by atoms with Gasteiger partial charge in [0.1, 0.15) is 11.6 Å². The standard InChI is InChI=1S/C95H144N4O3S4/c1-13-19-25-31-35-37-39-41-45-51-65-97-86-76-68-82(95(10,11)12)106-90(76)89-75(85(86)96-91(97)73-57-59-74(60-58-73)102-66-52-46-42-40-38-36-32-26-20-14-2)67-80(105-89)77-61-62-78(103-77)87-83-84(93(101)98(87)69-71(53-47-29-23-17-5)55-49-43-33-27-21-15-3)88(79-63-64-81(104-79)94(7,8)9)99(92(83)100)70-72(54-48-30-24-18-6)56-50-44-34-28-22-16-4/h57-64,67-68,71-72H,13-56,65-66,69-70H2,1-12H3. The molecule has 0 bridgehead atoms. The summed E-state index contributed by atoms with van der Waals surface area (Å²) in [6.45, 7) is 30.8. The van der Waals surface area contributed by atoms with Crippen LogP contribution in [0.25, 0.3) is 63.7 Å². The van der Waals surface area contributed by atoms with Gasteiger partial charge in [-0.25, -0.2) is 4.98 Å². The second kappa shape index (κ2) is 44.5. The molecule has 0 aliphatic carbocycles. The molecule has 7 heterocycles. The molecule has 0 fully saturated rings. The van der Waals surface area contributed by atoms with Crippen LogP contribution < -0.4 is 4.74 Å². The average Bonchev–Trinajstić information content (AvgIpc) is 1.56. The molecule has 586 valence electrons. The van der Waals surface area contributed by atoms with Gasteiger partial charge in [-0.1, -0.05) is 327 Å². The van der Waals surface area contributed by atoms with Gasteiger partial charge in [0.25, 0.3) is 11.8 Å². The quantitative estimate of drug-likeness (QED) is 0.0356. The van der Waals surface area contributed by atoms with Gasteiger partial charge in [-0.2, -0.15) is 0 Å². The third-order valence-electron chi connectivity index (χ3n) is 23.1. The highest BCUT2D eigenvalue weighted by Gasteiger charge is 2.50. The van der Waals surface area contributed by atoms with Crippen LogP contribution in [-0.4, -0.2) is 50.9 Å². The summed E-state index contributed by atoms with van der Waals surface area (Å²) < 4.78 is 11.7. The molecule has 2 unspecified atom stereocenters. The highest BCUT2D eigenvalue weighted by Crippen LogP contribution is 2.54. The predicted molar refractivity (Wildman–Crippen MR) is 468 cm³/mol. The molecule has 2 amide bonds. The van der Waals surface area contributed by atoms with Crippen LogP contribution in [0, 0.1) is 11.8 Å². The molecule has 0 spiro atoms. The maximum Gasteiger partial charge on any atom is 0.261 e. The summed E-state index contributed by atoms with van der Waals surface area (Å²) in [5.74, 6) is 2.73. The van der Waals surface area contributed by atoms with Crippen molar-refractivity contribution in [1.82, 2.24) is 19.4 Å². The van der Waals surface area contributed by atoms with Crippen LogP contribution in [0.15, 0.2) is 71.8 Å². The molecule has 0 saturated heterocycles. The van der Waals surface area contributed by atoms with Gasteiger partial charge in [0.15, 0.2) is 0 Å². The number of nitrogens with zero attached hydrogens (tertiary/aromatic N) is 4. The van der Waals surface area contributed by atoms with Crippen molar-refractivity contribution in [3.63, 3.8) is 0 Å². The molecule has 2 aromatic carbocycles. The minimum atomic E-state index is -0.0729. The molecule has 7 nitrogen and oxygen atoms in total. The van der Waals surface area contributed by atoms with Crippen molar-refractivity contribution >= 4 is 99.8 Å². The smallest absolute Gasteiger partial charge is 0.261 e. The number of amides is 2. The first-order valence-electron chi connectivity index (χ1n) is 44.0. The number of imidazole rings is 1. The first kappa shape index (κ1) is 85.5. The highest BCUT2D eigenvalue weighted by molar-refractivity contribution is 7.31. The van der Waals surface area contributed by atoms with Crippen molar-refractivity contribution in [1.29, 1.82) is 0 Å². The summed E-state index contributed by atoms with van der Waals surface area (Å²) in [5, 5.41) is 2.53. The largest absolute Gasteiger partial charge is 0.494 e. The second-order valence-corrected chi connectivity index (χ2v) is 38.7. The molecular formula is C95H144N4O3S4. The summed E-state index contributed by atoms with van der Waals surface area (Å²) in [6, 6.07) is 23.0. The number of thiophene rings is 4. The number of hydrogen-bond donors (Lipinski definition) is 0. The molecule has 0 radical (unpaired) electrons. The van der Waals surface area contributed by atoms with E-state index in [1.165, 1.54) is 289 Å². The first-order chi connectivity index (χ1) is 51.5. The average molecular weight is 1520 g/mol. The van der Waals surface area contributed by atoms with Crippen LogP contribution in [0.1, 0.15) is 385 Å². The van der Waals surface area contributed by atoms with Crippen LogP contribution in [0.4, 0.5) is 0 Å². The van der Waals surface area contributed by atoms with E-state index >= 15 is 9.59 Å².